The number of benzene rings is 3. The third-order valence-electron chi connectivity index (χ3n) is 4.90. The van der Waals surface area contributed by atoms with Crippen molar-refractivity contribution in [3.63, 3.8) is 0 Å². The summed E-state index contributed by atoms with van der Waals surface area (Å²) in [5.41, 5.74) is 1.19. The van der Waals surface area contributed by atoms with E-state index < -0.39 is 27.4 Å². The minimum Gasteiger partial charge on any atom is -0.354 e. The van der Waals surface area contributed by atoms with E-state index in [0.717, 1.165) is 15.0 Å². The topological polar surface area (TPSA) is 110 Å². The fourth-order valence-electron chi connectivity index (χ4n) is 3.09. The molecule has 0 saturated heterocycles. The van der Waals surface area contributed by atoms with Crippen LogP contribution in [0.15, 0.2) is 88.7 Å². The molecule has 0 atom stereocenters. The molecule has 0 saturated carbocycles. The fraction of sp³-hybridized carbons (Fsp3) is 0.208. The second-order valence-electron chi connectivity index (χ2n) is 7.46. The lowest BCUT2D eigenvalue weighted by molar-refractivity contribution is -0.384. The van der Waals surface area contributed by atoms with Gasteiger partial charge >= 0.3 is 0 Å². The van der Waals surface area contributed by atoms with Gasteiger partial charge in [-0.3, -0.25) is 19.2 Å². The number of amides is 1. The van der Waals surface area contributed by atoms with Gasteiger partial charge in [-0.2, -0.15) is 0 Å². The Morgan fingerprint density at radius 1 is 1.00 bits per heavy atom. The van der Waals surface area contributed by atoms with Gasteiger partial charge in [0.1, 0.15) is 6.54 Å². The number of hydrogen-bond acceptors (Lipinski definition) is 6. The largest absolute Gasteiger partial charge is 0.354 e. The standard InChI is InChI=1S/C24H25N3O5S2/c1-19-8-14-22(15-9-19)33-17-5-16-25-24(28)18-26(20-10-12-21(13-11-20)27(29)30)34(31,32)23-6-3-2-4-7-23/h2-4,6-15H,5,16-18H2,1H3,(H,25,28). The van der Waals surface area contributed by atoms with Crippen molar-refractivity contribution in [1.82, 2.24) is 5.32 Å². The van der Waals surface area contributed by atoms with Crippen molar-refractivity contribution in [2.45, 2.75) is 23.1 Å². The molecule has 0 radical (unpaired) electrons. The number of carbonyl (C=O) groups excluding carboxylic acids is 1. The number of aryl methyl sites for hydroxylation is 1. The minimum atomic E-state index is -4.06. The zero-order valence-corrected chi connectivity index (χ0v) is 20.2. The second-order valence-corrected chi connectivity index (χ2v) is 10.5. The molecule has 3 rings (SSSR count). The molecule has 0 aliphatic rings. The van der Waals surface area contributed by atoms with E-state index in [1.54, 1.807) is 30.0 Å². The highest BCUT2D eigenvalue weighted by atomic mass is 32.2. The molecule has 178 valence electrons. The third kappa shape index (κ3) is 6.82. The first-order valence-electron chi connectivity index (χ1n) is 10.6. The number of rotatable bonds is 11. The van der Waals surface area contributed by atoms with Gasteiger partial charge in [-0.15, -0.1) is 11.8 Å². The van der Waals surface area contributed by atoms with Crippen LogP contribution in [0.3, 0.4) is 0 Å². The lowest BCUT2D eigenvalue weighted by atomic mass is 10.2. The number of hydrogen-bond donors (Lipinski definition) is 1. The predicted molar refractivity (Wildman–Crippen MR) is 134 cm³/mol. The van der Waals surface area contributed by atoms with Gasteiger partial charge in [-0.25, -0.2) is 8.42 Å². The van der Waals surface area contributed by atoms with Crippen LogP contribution in [-0.2, 0) is 14.8 Å². The van der Waals surface area contributed by atoms with Crippen molar-refractivity contribution < 1.29 is 18.1 Å². The van der Waals surface area contributed by atoms with Crippen LogP contribution < -0.4 is 9.62 Å². The Labute approximate surface area is 203 Å². The van der Waals surface area contributed by atoms with Crippen LogP contribution in [0.1, 0.15) is 12.0 Å². The maximum atomic E-state index is 13.3. The summed E-state index contributed by atoms with van der Waals surface area (Å²) in [4.78, 5) is 24.2. The summed E-state index contributed by atoms with van der Waals surface area (Å²) in [6.45, 7) is 1.99. The quantitative estimate of drug-likeness (QED) is 0.181. The van der Waals surface area contributed by atoms with E-state index in [1.807, 2.05) is 19.1 Å². The molecular weight excluding hydrogens is 474 g/mol. The number of non-ortho nitro benzene ring substituents is 1. The maximum Gasteiger partial charge on any atom is 0.269 e. The van der Waals surface area contributed by atoms with E-state index in [0.29, 0.717) is 13.0 Å². The average molecular weight is 500 g/mol. The Kier molecular flexibility index (Phi) is 8.67. The minimum absolute atomic E-state index is 0.0238. The van der Waals surface area contributed by atoms with E-state index in [2.05, 4.69) is 17.4 Å². The Morgan fingerprint density at radius 2 is 1.65 bits per heavy atom. The monoisotopic (exact) mass is 499 g/mol. The summed E-state index contributed by atoms with van der Waals surface area (Å²) in [6, 6.07) is 21.0. The molecule has 3 aromatic carbocycles. The predicted octanol–water partition coefficient (Wildman–Crippen LogP) is 4.40. The number of nitro groups is 1. The highest BCUT2D eigenvalue weighted by molar-refractivity contribution is 7.99. The number of anilines is 1. The molecule has 0 aromatic heterocycles. The first-order valence-corrected chi connectivity index (χ1v) is 13.0. The molecule has 10 heteroatoms. The molecule has 0 heterocycles. The third-order valence-corrected chi connectivity index (χ3v) is 7.79. The molecule has 8 nitrogen and oxygen atoms in total. The number of sulfonamides is 1. The van der Waals surface area contributed by atoms with Crippen molar-refractivity contribution >= 4 is 39.1 Å². The zero-order chi connectivity index (χ0) is 24.6. The Morgan fingerprint density at radius 3 is 2.26 bits per heavy atom. The van der Waals surface area contributed by atoms with Gasteiger partial charge < -0.3 is 5.32 Å². The van der Waals surface area contributed by atoms with Crippen LogP contribution in [0.4, 0.5) is 11.4 Å². The molecule has 0 unspecified atom stereocenters. The molecule has 0 fully saturated rings. The van der Waals surface area contributed by atoms with Crippen molar-refractivity contribution in [2.24, 2.45) is 0 Å². The second kappa shape index (κ2) is 11.7. The van der Waals surface area contributed by atoms with Crippen molar-refractivity contribution in [2.75, 3.05) is 23.1 Å². The molecule has 3 aromatic rings. The summed E-state index contributed by atoms with van der Waals surface area (Å²) >= 11 is 1.68. The lowest BCUT2D eigenvalue weighted by Gasteiger charge is -2.24. The van der Waals surface area contributed by atoms with E-state index in [-0.39, 0.29) is 16.3 Å². The molecule has 1 amide bonds. The first kappa shape index (κ1) is 25.3. The van der Waals surface area contributed by atoms with Gasteiger partial charge in [0.05, 0.1) is 15.5 Å². The van der Waals surface area contributed by atoms with Crippen LogP contribution in [0.25, 0.3) is 0 Å². The summed E-state index contributed by atoms with van der Waals surface area (Å²) in [5.74, 6) is 0.343. The lowest BCUT2D eigenvalue weighted by Crippen LogP contribution is -2.41. The maximum absolute atomic E-state index is 13.3. The normalized spacial score (nSPS) is 11.1. The molecule has 1 N–H and O–H groups in total. The number of nitrogens with one attached hydrogen (secondary N) is 1. The number of nitro benzene ring substituents is 1. The van der Waals surface area contributed by atoms with E-state index in [9.17, 15) is 23.3 Å². The molecule has 0 spiro atoms. The molecule has 34 heavy (non-hydrogen) atoms. The zero-order valence-electron chi connectivity index (χ0n) is 18.6. The highest BCUT2D eigenvalue weighted by Gasteiger charge is 2.27. The number of thioether (sulfide) groups is 1. The molecule has 0 aliphatic heterocycles. The van der Waals surface area contributed by atoms with Crippen molar-refractivity contribution in [3.05, 3.63) is 94.5 Å². The molecule has 0 aliphatic carbocycles. The van der Waals surface area contributed by atoms with Crippen LogP contribution >= 0.6 is 11.8 Å². The Hall–Kier alpha value is -3.37. The van der Waals surface area contributed by atoms with Gasteiger partial charge in [0.15, 0.2) is 0 Å². The van der Waals surface area contributed by atoms with Crippen molar-refractivity contribution in [1.29, 1.82) is 0 Å². The van der Waals surface area contributed by atoms with E-state index >= 15 is 0 Å². The van der Waals surface area contributed by atoms with Gasteiger partial charge in [0.25, 0.3) is 15.7 Å². The highest BCUT2D eigenvalue weighted by Crippen LogP contribution is 2.25. The fourth-order valence-corrected chi connectivity index (χ4v) is 5.38. The smallest absolute Gasteiger partial charge is 0.269 e. The van der Waals surface area contributed by atoms with E-state index in [1.165, 1.54) is 42.0 Å². The summed E-state index contributed by atoms with van der Waals surface area (Å²) < 4.78 is 27.5. The van der Waals surface area contributed by atoms with Gasteiger partial charge in [-0.1, -0.05) is 35.9 Å². The van der Waals surface area contributed by atoms with Crippen LogP contribution in [0.5, 0.6) is 0 Å². The van der Waals surface area contributed by atoms with E-state index in [4.69, 9.17) is 0 Å². The number of nitrogens with zero attached hydrogens (tertiary/aromatic N) is 2. The first-order chi connectivity index (χ1) is 16.3. The molecule has 0 bridgehead atoms. The number of carbonyl (C=O) groups is 1. The van der Waals surface area contributed by atoms with Gasteiger partial charge in [-0.05, 0) is 55.5 Å². The SMILES string of the molecule is Cc1ccc(SCCCNC(=O)CN(c2ccc([N+](=O)[O-])cc2)S(=O)(=O)c2ccccc2)cc1. The summed E-state index contributed by atoms with van der Waals surface area (Å²) in [7, 11) is -4.06. The van der Waals surface area contributed by atoms with Gasteiger partial charge in [0.2, 0.25) is 5.91 Å². The summed E-state index contributed by atoms with van der Waals surface area (Å²) in [6.07, 6.45) is 0.716. The van der Waals surface area contributed by atoms with Gasteiger partial charge in [0, 0.05) is 23.6 Å². The van der Waals surface area contributed by atoms with Crippen LogP contribution in [-0.4, -0.2) is 38.1 Å². The van der Waals surface area contributed by atoms with Crippen LogP contribution in [0, 0.1) is 17.0 Å². The Bertz CT molecular complexity index is 1220. The molecular formula is C24H25N3O5S2. The van der Waals surface area contributed by atoms with Crippen molar-refractivity contribution in [3.8, 4) is 0 Å². The summed E-state index contributed by atoms with van der Waals surface area (Å²) in [5, 5.41) is 13.7. The average Bonchev–Trinajstić information content (AvgIpc) is 2.84. The van der Waals surface area contributed by atoms with Crippen LogP contribution in [0.2, 0.25) is 0 Å². The Balaban J connectivity index is 1.65.